The van der Waals surface area contributed by atoms with Crippen LogP contribution >= 0.6 is 0 Å². The lowest BCUT2D eigenvalue weighted by Gasteiger charge is -2.19. The summed E-state index contributed by atoms with van der Waals surface area (Å²) in [6, 6.07) is 7.59. The van der Waals surface area contributed by atoms with Crippen molar-refractivity contribution in [1.82, 2.24) is 4.98 Å². The quantitative estimate of drug-likeness (QED) is 0.667. The number of nitrogens with zero attached hydrogens (tertiary/aromatic N) is 2. The third-order valence-electron chi connectivity index (χ3n) is 3.27. The van der Waals surface area contributed by atoms with Crippen molar-refractivity contribution in [2.45, 2.75) is 26.3 Å². The summed E-state index contributed by atoms with van der Waals surface area (Å²) >= 11 is 0. The molecule has 5 nitrogen and oxygen atoms in total. The van der Waals surface area contributed by atoms with E-state index in [-0.39, 0.29) is 17.5 Å². The number of aryl methyl sites for hydroxylation is 1. The molecule has 6 heteroatoms. The van der Waals surface area contributed by atoms with E-state index in [0.717, 1.165) is 23.4 Å². The molecule has 1 heterocycles. The van der Waals surface area contributed by atoms with Crippen LogP contribution in [0.1, 0.15) is 30.6 Å². The van der Waals surface area contributed by atoms with Gasteiger partial charge in [0.15, 0.2) is 0 Å². The van der Waals surface area contributed by atoms with Crippen LogP contribution in [0.25, 0.3) is 0 Å². The Morgan fingerprint density at radius 2 is 2.14 bits per heavy atom. The number of nitro groups is 1. The highest BCUT2D eigenvalue weighted by Crippen LogP contribution is 2.26. The van der Waals surface area contributed by atoms with Crippen LogP contribution in [0.2, 0.25) is 0 Å². The van der Waals surface area contributed by atoms with Gasteiger partial charge in [0, 0.05) is 17.8 Å². The van der Waals surface area contributed by atoms with Crippen molar-refractivity contribution in [3.05, 3.63) is 63.7 Å². The van der Waals surface area contributed by atoms with E-state index in [1.807, 2.05) is 6.92 Å². The molecule has 0 aliphatic heterocycles. The van der Waals surface area contributed by atoms with Gasteiger partial charge in [-0.05, 0) is 37.1 Å². The van der Waals surface area contributed by atoms with Gasteiger partial charge in [0.2, 0.25) is 0 Å². The van der Waals surface area contributed by atoms with Crippen LogP contribution < -0.4 is 5.32 Å². The topological polar surface area (TPSA) is 68.1 Å². The molecule has 110 valence electrons. The van der Waals surface area contributed by atoms with Crippen LogP contribution in [-0.4, -0.2) is 9.91 Å². The number of non-ortho nitro benzene ring substituents is 1. The molecule has 1 aromatic carbocycles. The van der Waals surface area contributed by atoms with Gasteiger partial charge in [-0.2, -0.15) is 0 Å². The highest BCUT2D eigenvalue weighted by atomic mass is 19.1. The van der Waals surface area contributed by atoms with Gasteiger partial charge in [-0.25, -0.2) is 4.39 Å². The van der Waals surface area contributed by atoms with E-state index in [1.165, 1.54) is 24.4 Å². The lowest BCUT2D eigenvalue weighted by Crippen LogP contribution is -2.12. The van der Waals surface area contributed by atoms with E-state index in [9.17, 15) is 14.5 Å². The molecular formula is C15H16FN3O2. The van der Waals surface area contributed by atoms with Crippen LogP contribution in [0.4, 0.5) is 15.8 Å². The minimum absolute atomic E-state index is 0.0611. The van der Waals surface area contributed by atoms with Crippen molar-refractivity contribution in [1.29, 1.82) is 0 Å². The first-order valence-electron chi connectivity index (χ1n) is 6.64. The van der Waals surface area contributed by atoms with Gasteiger partial charge in [-0.15, -0.1) is 0 Å². The molecule has 0 saturated heterocycles. The summed E-state index contributed by atoms with van der Waals surface area (Å²) < 4.78 is 12.9. The van der Waals surface area contributed by atoms with Crippen molar-refractivity contribution < 1.29 is 9.31 Å². The zero-order valence-electron chi connectivity index (χ0n) is 11.8. The normalized spacial score (nSPS) is 12.0. The molecule has 0 amide bonds. The highest BCUT2D eigenvalue weighted by Gasteiger charge is 2.14. The van der Waals surface area contributed by atoms with E-state index in [0.29, 0.717) is 0 Å². The summed E-state index contributed by atoms with van der Waals surface area (Å²) in [5.41, 5.74) is 2.38. The Labute approximate surface area is 122 Å². The van der Waals surface area contributed by atoms with Gasteiger partial charge in [0.1, 0.15) is 5.82 Å². The van der Waals surface area contributed by atoms with Crippen molar-refractivity contribution >= 4 is 11.4 Å². The van der Waals surface area contributed by atoms with Gasteiger partial charge in [0.05, 0.1) is 22.9 Å². The second-order valence-electron chi connectivity index (χ2n) is 4.76. The monoisotopic (exact) mass is 289 g/mol. The van der Waals surface area contributed by atoms with Crippen molar-refractivity contribution in [2.75, 3.05) is 5.32 Å². The largest absolute Gasteiger partial charge is 0.376 e. The molecule has 1 atom stereocenters. The lowest BCUT2D eigenvalue weighted by atomic mass is 10.1. The zero-order valence-corrected chi connectivity index (χ0v) is 11.8. The fraction of sp³-hybridized carbons (Fsp3) is 0.267. The molecule has 0 fully saturated rings. The average molecular weight is 289 g/mol. The fourth-order valence-corrected chi connectivity index (χ4v) is 2.09. The molecule has 0 saturated carbocycles. The zero-order chi connectivity index (χ0) is 15.4. The van der Waals surface area contributed by atoms with Gasteiger partial charge in [0.25, 0.3) is 5.69 Å². The Kier molecular flexibility index (Phi) is 4.47. The molecule has 0 spiro atoms. The maximum Gasteiger partial charge on any atom is 0.269 e. The predicted octanol–water partition coefficient (Wildman–Crippen LogP) is 4.00. The number of halogens is 1. The van der Waals surface area contributed by atoms with E-state index < -0.39 is 4.92 Å². The standard InChI is InChI=1S/C15H16FN3O2/c1-3-13(15-6-4-11(16)9-17-15)18-14-7-5-12(19(20)21)8-10(14)2/h4-9,13,18H,3H2,1-2H3. The van der Waals surface area contributed by atoms with Gasteiger partial charge in [-0.3, -0.25) is 15.1 Å². The third kappa shape index (κ3) is 3.53. The molecule has 0 aliphatic carbocycles. The molecule has 2 aromatic rings. The number of nitro benzene ring substituents is 1. The minimum atomic E-state index is -0.421. The number of pyridine rings is 1. The number of hydrogen-bond acceptors (Lipinski definition) is 4. The molecule has 0 radical (unpaired) electrons. The molecule has 0 bridgehead atoms. The number of anilines is 1. The minimum Gasteiger partial charge on any atom is -0.376 e. The number of rotatable bonds is 5. The van der Waals surface area contributed by atoms with Crippen LogP contribution in [0.15, 0.2) is 36.5 Å². The Balaban J connectivity index is 2.22. The first-order valence-corrected chi connectivity index (χ1v) is 6.64. The van der Waals surface area contributed by atoms with Crippen molar-refractivity contribution in [2.24, 2.45) is 0 Å². The van der Waals surface area contributed by atoms with Gasteiger partial charge < -0.3 is 5.32 Å². The Morgan fingerprint density at radius 1 is 1.38 bits per heavy atom. The Bertz CT molecular complexity index is 644. The van der Waals surface area contributed by atoms with E-state index >= 15 is 0 Å². The van der Waals surface area contributed by atoms with E-state index in [1.54, 1.807) is 19.1 Å². The molecule has 0 aliphatic rings. The van der Waals surface area contributed by atoms with Crippen molar-refractivity contribution in [3.63, 3.8) is 0 Å². The number of aromatic nitrogens is 1. The summed E-state index contributed by atoms with van der Waals surface area (Å²) in [6.07, 6.45) is 1.94. The lowest BCUT2D eigenvalue weighted by molar-refractivity contribution is -0.384. The molecule has 1 aromatic heterocycles. The van der Waals surface area contributed by atoms with Crippen molar-refractivity contribution in [3.8, 4) is 0 Å². The number of hydrogen-bond donors (Lipinski definition) is 1. The molecule has 21 heavy (non-hydrogen) atoms. The molecule has 2 rings (SSSR count). The maximum absolute atomic E-state index is 12.9. The van der Waals surface area contributed by atoms with Gasteiger partial charge >= 0.3 is 0 Å². The van der Waals surface area contributed by atoms with Crippen LogP contribution in [-0.2, 0) is 0 Å². The van der Waals surface area contributed by atoms with Crippen LogP contribution in [0.3, 0.4) is 0 Å². The van der Waals surface area contributed by atoms with Crippen LogP contribution in [0, 0.1) is 22.9 Å². The summed E-state index contributed by atoms with van der Waals surface area (Å²) in [5.74, 6) is -0.375. The molecular weight excluding hydrogens is 273 g/mol. The Morgan fingerprint density at radius 3 is 2.67 bits per heavy atom. The van der Waals surface area contributed by atoms with E-state index in [2.05, 4.69) is 10.3 Å². The van der Waals surface area contributed by atoms with Crippen LogP contribution in [0.5, 0.6) is 0 Å². The molecule has 1 unspecified atom stereocenters. The highest BCUT2D eigenvalue weighted by molar-refractivity contribution is 5.56. The maximum atomic E-state index is 12.9. The third-order valence-corrected chi connectivity index (χ3v) is 3.27. The smallest absolute Gasteiger partial charge is 0.269 e. The first-order chi connectivity index (χ1) is 10.0. The summed E-state index contributed by atoms with van der Waals surface area (Å²) in [4.78, 5) is 14.4. The average Bonchev–Trinajstić information content (AvgIpc) is 2.47. The number of benzene rings is 1. The SMILES string of the molecule is CCC(Nc1ccc([N+](=O)[O-])cc1C)c1ccc(F)cn1. The van der Waals surface area contributed by atoms with E-state index in [4.69, 9.17) is 0 Å². The first kappa shape index (κ1) is 14.9. The summed E-state index contributed by atoms with van der Waals surface area (Å²) in [6.45, 7) is 3.80. The second kappa shape index (κ2) is 6.30. The summed E-state index contributed by atoms with van der Waals surface area (Å²) in [7, 11) is 0. The predicted molar refractivity (Wildman–Crippen MR) is 78.7 cm³/mol. The Hall–Kier alpha value is -2.50. The summed E-state index contributed by atoms with van der Waals surface area (Å²) in [5, 5.41) is 14.0. The molecule has 1 N–H and O–H groups in total. The second-order valence-corrected chi connectivity index (χ2v) is 4.76. The van der Waals surface area contributed by atoms with Gasteiger partial charge in [-0.1, -0.05) is 6.92 Å². The fourth-order valence-electron chi connectivity index (χ4n) is 2.09. The number of nitrogens with one attached hydrogen (secondary N) is 1.